The Balaban J connectivity index is 1.12. The summed E-state index contributed by atoms with van der Waals surface area (Å²) in [6.45, 7) is 4.82. The Kier molecular flexibility index (Phi) is 8.64. The maximum atomic E-state index is 12.6. The Morgan fingerprint density at radius 3 is 2.33 bits per heavy atom. The van der Waals surface area contributed by atoms with Crippen LogP contribution >= 0.6 is 0 Å². The topological polar surface area (TPSA) is 69.8 Å². The molecule has 40 heavy (non-hydrogen) atoms. The Bertz CT molecular complexity index is 1220. The molecule has 1 N–H and O–H groups in total. The fourth-order valence-corrected chi connectivity index (χ4v) is 7.76. The largest absolute Gasteiger partial charge is 0.480 e. The highest BCUT2D eigenvalue weighted by Crippen LogP contribution is 2.39. The summed E-state index contributed by atoms with van der Waals surface area (Å²) in [5.74, 6) is 1.93. The van der Waals surface area contributed by atoms with E-state index in [1.807, 2.05) is 6.20 Å². The summed E-state index contributed by atoms with van der Waals surface area (Å²) < 4.78 is 5.81. The van der Waals surface area contributed by atoms with Crippen molar-refractivity contribution >= 4 is 5.97 Å². The van der Waals surface area contributed by atoms with Gasteiger partial charge in [0.2, 0.25) is 0 Å². The van der Waals surface area contributed by atoms with Crippen molar-refractivity contribution in [3.8, 4) is 0 Å². The van der Waals surface area contributed by atoms with Gasteiger partial charge in [0.25, 0.3) is 0 Å². The molecule has 0 radical (unpaired) electrons. The fourth-order valence-electron chi connectivity index (χ4n) is 7.76. The average molecular weight is 542 g/mol. The van der Waals surface area contributed by atoms with Crippen LogP contribution in [0.2, 0.25) is 0 Å². The molecular formula is C34H43N3O3. The first-order valence-corrected chi connectivity index (χ1v) is 15.4. The highest BCUT2D eigenvalue weighted by molar-refractivity contribution is 5.74. The van der Waals surface area contributed by atoms with Gasteiger partial charge in [-0.15, -0.1) is 0 Å². The van der Waals surface area contributed by atoms with Crippen molar-refractivity contribution in [3.63, 3.8) is 0 Å². The second kappa shape index (κ2) is 12.7. The molecular weight excluding hydrogens is 498 g/mol. The molecule has 2 aliphatic heterocycles. The van der Waals surface area contributed by atoms with Crippen LogP contribution in [0, 0.1) is 11.8 Å². The minimum atomic E-state index is -0.626. The molecule has 2 aromatic carbocycles. The molecule has 6 rings (SSSR count). The first-order valence-electron chi connectivity index (χ1n) is 15.4. The lowest BCUT2D eigenvalue weighted by molar-refractivity contribution is -0.145. The number of carbonyl (C=O) groups is 1. The van der Waals surface area contributed by atoms with E-state index in [0.29, 0.717) is 17.8 Å². The van der Waals surface area contributed by atoms with Gasteiger partial charge in [0, 0.05) is 43.5 Å². The molecule has 0 spiro atoms. The van der Waals surface area contributed by atoms with Gasteiger partial charge in [-0.2, -0.15) is 0 Å². The molecule has 0 amide bonds. The Hall–Kier alpha value is -2.96. The van der Waals surface area contributed by atoms with E-state index >= 15 is 0 Å². The number of likely N-dealkylation sites (tertiary alicyclic amines) is 2. The molecule has 2 saturated heterocycles. The highest BCUT2D eigenvalue weighted by atomic mass is 16.5. The Morgan fingerprint density at radius 1 is 0.925 bits per heavy atom. The number of benzene rings is 2. The summed E-state index contributed by atoms with van der Waals surface area (Å²) in [6, 6.07) is 21.0. The SMILES string of the molecule is O=C(O)[C@@H](C1CCCCC1)N1C[C@H](CN2CCC(c3oncc3Cc3ccccc3)CC2)[C@@H](c2ccccc2)C1. The van der Waals surface area contributed by atoms with Gasteiger partial charge in [0.15, 0.2) is 0 Å². The molecule has 3 heterocycles. The van der Waals surface area contributed by atoms with Crippen molar-refractivity contribution in [2.24, 2.45) is 11.8 Å². The van der Waals surface area contributed by atoms with E-state index in [9.17, 15) is 9.90 Å². The zero-order valence-electron chi connectivity index (χ0n) is 23.5. The number of hydrogen-bond donors (Lipinski definition) is 1. The van der Waals surface area contributed by atoms with Crippen LogP contribution in [-0.4, -0.2) is 64.8 Å². The van der Waals surface area contributed by atoms with Gasteiger partial charge in [-0.05, 0) is 61.7 Å². The van der Waals surface area contributed by atoms with Crippen molar-refractivity contribution < 1.29 is 14.4 Å². The second-order valence-corrected chi connectivity index (χ2v) is 12.4. The van der Waals surface area contributed by atoms with Crippen molar-refractivity contribution in [1.29, 1.82) is 0 Å². The zero-order chi connectivity index (χ0) is 27.3. The van der Waals surface area contributed by atoms with Gasteiger partial charge in [0.05, 0.1) is 6.20 Å². The van der Waals surface area contributed by atoms with Gasteiger partial charge in [0.1, 0.15) is 11.8 Å². The number of hydrogen-bond acceptors (Lipinski definition) is 5. The highest BCUT2D eigenvalue weighted by Gasteiger charge is 2.43. The van der Waals surface area contributed by atoms with Crippen LogP contribution in [0.1, 0.15) is 79.2 Å². The number of nitrogens with zero attached hydrogens (tertiary/aromatic N) is 3. The number of aromatic nitrogens is 1. The third-order valence-corrected chi connectivity index (χ3v) is 9.80. The van der Waals surface area contributed by atoms with Gasteiger partial charge in [-0.25, -0.2) is 0 Å². The molecule has 3 atom stereocenters. The third-order valence-electron chi connectivity index (χ3n) is 9.80. The predicted molar refractivity (Wildman–Crippen MR) is 156 cm³/mol. The van der Waals surface area contributed by atoms with Crippen molar-refractivity contribution in [2.75, 3.05) is 32.7 Å². The van der Waals surface area contributed by atoms with Crippen LogP contribution in [0.3, 0.4) is 0 Å². The van der Waals surface area contributed by atoms with Crippen LogP contribution in [0.5, 0.6) is 0 Å². The number of piperidine rings is 1. The molecule has 1 aromatic heterocycles. The Morgan fingerprint density at radius 2 is 1.62 bits per heavy atom. The molecule has 0 unspecified atom stereocenters. The fraction of sp³-hybridized carbons (Fsp3) is 0.529. The predicted octanol–water partition coefficient (Wildman–Crippen LogP) is 6.19. The van der Waals surface area contributed by atoms with Crippen LogP contribution in [0.4, 0.5) is 0 Å². The molecule has 6 heteroatoms. The molecule has 3 aromatic rings. The van der Waals surface area contributed by atoms with Crippen LogP contribution in [-0.2, 0) is 11.2 Å². The summed E-state index contributed by atoms with van der Waals surface area (Å²) in [5.41, 5.74) is 3.85. The molecule has 0 bridgehead atoms. The quantitative estimate of drug-likeness (QED) is 0.348. The molecule has 6 nitrogen and oxygen atoms in total. The van der Waals surface area contributed by atoms with Crippen molar-refractivity contribution in [2.45, 2.75) is 69.2 Å². The first-order chi connectivity index (χ1) is 19.7. The summed E-state index contributed by atoms with van der Waals surface area (Å²) in [5, 5.41) is 14.5. The smallest absolute Gasteiger partial charge is 0.321 e. The summed E-state index contributed by atoms with van der Waals surface area (Å²) in [7, 11) is 0. The monoisotopic (exact) mass is 541 g/mol. The minimum absolute atomic E-state index is 0.282. The first kappa shape index (κ1) is 27.2. The normalized spacial score (nSPS) is 24.3. The number of rotatable bonds is 9. The van der Waals surface area contributed by atoms with E-state index in [1.54, 1.807) is 0 Å². The maximum Gasteiger partial charge on any atom is 0.321 e. The summed E-state index contributed by atoms with van der Waals surface area (Å²) >= 11 is 0. The lowest BCUT2D eigenvalue weighted by atomic mass is 9.83. The van der Waals surface area contributed by atoms with Crippen LogP contribution < -0.4 is 0 Å². The van der Waals surface area contributed by atoms with Crippen LogP contribution in [0.25, 0.3) is 0 Å². The van der Waals surface area contributed by atoms with Crippen molar-refractivity contribution in [1.82, 2.24) is 15.0 Å². The van der Waals surface area contributed by atoms with Gasteiger partial charge >= 0.3 is 5.97 Å². The molecule has 212 valence electrons. The lowest BCUT2D eigenvalue weighted by Gasteiger charge is -2.35. The molecule has 3 aliphatic rings. The van der Waals surface area contributed by atoms with Crippen molar-refractivity contribution in [3.05, 3.63) is 89.3 Å². The average Bonchev–Trinajstić information content (AvgIpc) is 3.62. The van der Waals surface area contributed by atoms with Gasteiger partial charge in [-0.1, -0.05) is 85.1 Å². The number of carboxylic acid groups (broad SMARTS) is 1. The van der Waals surface area contributed by atoms with E-state index in [1.165, 1.54) is 36.0 Å². The van der Waals surface area contributed by atoms with Gasteiger partial charge < -0.3 is 14.5 Å². The molecule has 1 saturated carbocycles. The number of aliphatic carboxylic acids is 1. The maximum absolute atomic E-state index is 12.6. The van der Waals surface area contributed by atoms with E-state index < -0.39 is 5.97 Å². The lowest BCUT2D eigenvalue weighted by Crippen LogP contribution is -2.46. The summed E-state index contributed by atoms with van der Waals surface area (Å²) in [4.78, 5) is 17.5. The minimum Gasteiger partial charge on any atom is -0.480 e. The third kappa shape index (κ3) is 6.18. The molecule has 1 aliphatic carbocycles. The standard InChI is InChI=1S/C34H43N3O3/c38-34(39)32(27-14-8-3-9-15-27)37-23-30(31(24-37)26-12-6-2-7-13-26)22-36-18-16-28(17-19-36)33-29(21-35-40-33)20-25-10-4-1-5-11-25/h1-2,4-7,10-13,21,27-28,30-32H,3,8-9,14-20,22-24H2,(H,38,39)/t30-,31+,32+/m0/s1. The molecule has 3 fully saturated rings. The zero-order valence-corrected chi connectivity index (χ0v) is 23.5. The number of carboxylic acids is 1. The van der Waals surface area contributed by atoms with Gasteiger partial charge in [-0.3, -0.25) is 9.69 Å². The summed E-state index contributed by atoms with van der Waals surface area (Å²) in [6.07, 6.45) is 10.6. The van der Waals surface area contributed by atoms with Crippen LogP contribution in [0.15, 0.2) is 71.4 Å². The van der Waals surface area contributed by atoms with E-state index in [4.69, 9.17) is 4.52 Å². The Labute approximate surface area is 238 Å². The van der Waals surface area contributed by atoms with E-state index in [2.05, 4.69) is 75.6 Å². The second-order valence-electron chi connectivity index (χ2n) is 12.4. The van der Waals surface area contributed by atoms with E-state index in [0.717, 1.165) is 70.6 Å². The van der Waals surface area contributed by atoms with E-state index in [-0.39, 0.29) is 12.0 Å².